The van der Waals surface area contributed by atoms with Crippen LogP contribution in [0.2, 0.25) is 0 Å². The van der Waals surface area contributed by atoms with E-state index in [9.17, 15) is 14.4 Å². The third-order valence-electron chi connectivity index (χ3n) is 4.49. The van der Waals surface area contributed by atoms with Gasteiger partial charge in [0.25, 0.3) is 11.8 Å². The topological polar surface area (TPSA) is 112 Å². The number of fused-ring (bicyclic) bond motifs is 1. The quantitative estimate of drug-likeness (QED) is 0.757. The Bertz CT molecular complexity index is 936. The molecule has 1 aliphatic rings. The first-order valence-electron chi connectivity index (χ1n) is 8.83. The summed E-state index contributed by atoms with van der Waals surface area (Å²) in [5.41, 5.74) is 2.59. The lowest BCUT2D eigenvalue weighted by atomic mass is 10.1. The number of benzene rings is 1. The highest BCUT2D eigenvalue weighted by Crippen LogP contribution is 2.29. The van der Waals surface area contributed by atoms with Gasteiger partial charge >= 0.3 is 5.97 Å². The maximum atomic E-state index is 12.3. The van der Waals surface area contributed by atoms with Crippen LogP contribution in [0.5, 0.6) is 5.75 Å². The number of aromatic nitrogens is 2. The number of nitrogens with one attached hydrogen (secondary N) is 2. The molecule has 2 aromatic rings. The zero-order valence-corrected chi connectivity index (χ0v) is 16.1. The molecule has 148 valence electrons. The number of ether oxygens (including phenoxy) is 2. The molecule has 0 fully saturated rings. The zero-order valence-electron chi connectivity index (χ0n) is 16.1. The fourth-order valence-electron chi connectivity index (χ4n) is 2.86. The number of amides is 2. The van der Waals surface area contributed by atoms with Gasteiger partial charge in [0.15, 0.2) is 12.2 Å². The number of rotatable bonds is 5. The van der Waals surface area contributed by atoms with Crippen molar-refractivity contribution in [2.24, 2.45) is 7.05 Å². The Morgan fingerprint density at radius 1 is 1.36 bits per heavy atom. The van der Waals surface area contributed by atoms with Gasteiger partial charge in [-0.25, -0.2) is 0 Å². The molecule has 1 aromatic heterocycles. The highest BCUT2D eigenvalue weighted by Gasteiger charge is 2.31. The molecule has 0 saturated carbocycles. The molecular weight excluding hydrogens is 364 g/mol. The maximum absolute atomic E-state index is 12.3. The number of anilines is 2. The summed E-state index contributed by atoms with van der Waals surface area (Å²) in [6.07, 6.45) is -2.35. The van der Waals surface area contributed by atoms with Gasteiger partial charge in [-0.2, -0.15) is 5.10 Å². The SMILES string of the molecule is Cc1nn(C)c(C)c1NC(=O)[C@H](C)OC(=O)C[C@H]1Oc2ccccc2NC1=O. The standard InChI is InChI=1S/C19H22N4O5/c1-10-17(11(2)23(4)22-10)21-18(25)12(3)27-16(24)9-15-19(26)20-13-7-5-6-8-14(13)28-15/h5-8,12,15H,9H2,1-4H3,(H,20,26)(H,21,25)/t12-,15+/m0/s1. The number of hydrogen-bond donors (Lipinski definition) is 2. The maximum Gasteiger partial charge on any atom is 0.310 e. The molecule has 1 aromatic carbocycles. The van der Waals surface area contributed by atoms with Gasteiger partial charge in [0.2, 0.25) is 0 Å². The predicted octanol–water partition coefficient (Wildman–Crippen LogP) is 1.70. The molecule has 0 unspecified atom stereocenters. The van der Waals surface area contributed by atoms with E-state index in [4.69, 9.17) is 9.47 Å². The smallest absolute Gasteiger partial charge is 0.310 e. The van der Waals surface area contributed by atoms with Crippen LogP contribution in [0, 0.1) is 13.8 Å². The van der Waals surface area contributed by atoms with Gasteiger partial charge in [-0.05, 0) is 32.9 Å². The molecule has 3 rings (SSSR count). The van der Waals surface area contributed by atoms with E-state index in [0.29, 0.717) is 22.8 Å². The summed E-state index contributed by atoms with van der Waals surface area (Å²) in [6, 6.07) is 6.93. The normalized spacial score (nSPS) is 16.4. The summed E-state index contributed by atoms with van der Waals surface area (Å²) in [5.74, 6) is -1.14. The number of aryl methyl sites for hydroxylation is 2. The van der Waals surface area contributed by atoms with Gasteiger partial charge in [0.05, 0.1) is 29.2 Å². The van der Waals surface area contributed by atoms with E-state index >= 15 is 0 Å². The largest absolute Gasteiger partial charge is 0.478 e. The molecule has 0 aliphatic carbocycles. The molecule has 0 bridgehead atoms. The summed E-state index contributed by atoms with van der Waals surface area (Å²) in [6.45, 7) is 5.06. The average molecular weight is 386 g/mol. The fraction of sp³-hybridized carbons (Fsp3) is 0.368. The summed E-state index contributed by atoms with van der Waals surface area (Å²) in [5, 5.41) is 9.62. The molecule has 2 N–H and O–H groups in total. The fourth-order valence-corrected chi connectivity index (χ4v) is 2.86. The minimum absolute atomic E-state index is 0.303. The number of nitrogens with zero attached hydrogens (tertiary/aromatic N) is 2. The zero-order chi connectivity index (χ0) is 20.4. The first-order chi connectivity index (χ1) is 13.3. The highest BCUT2D eigenvalue weighted by atomic mass is 16.6. The lowest BCUT2D eigenvalue weighted by Crippen LogP contribution is -2.40. The summed E-state index contributed by atoms with van der Waals surface area (Å²) >= 11 is 0. The van der Waals surface area contributed by atoms with E-state index in [0.717, 1.165) is 5.69 Å². The van der Waals surface area contributed by atoms with Crippen molar-refractivity contribution in [2.45, 2.75) is 39.4 Å². The molecule has 0 spiro atoms. The second-order valence-electron chi connectivity index (χ2n) is 6.59. The number of para-hydroxylation sites is 2. The molecule has 28 heavy (non-hydrogen) atoms. The average Bonchev–Trinajstić information content (AvgIpc) is 2.88. The summed E-state index contributed by atoms with van der Waals surface area (Å²) in [4.78, 5) is 36.6. The minimum atomic E-state index is -1.04. The molecule has 9 nitrogen and oxygen atoms in total. The molecule has 2 amide bonds. The van der Waals surface area contributed by atoms with Crippen LogP contribution in [0.1, 0.15) is 24.7 Å². The molecule has 2 heterocycles. The Morgan fingerprint density at radius 3 is 2.75 bits per heavy atom. The van der Waals surface area contributed by atoms with E-state index in [-0.39, 0.29) is 6.42 Å². The lowest BCUT2D eigenvalue weighted by molar-refractivity contribution is -0.155. The van der Waals surface area contributed by atoms with E-state index < -0.39 is 30.0 Å². The monoisotopic (exact) mass is 386 g/mol. The van der Waals surface area contributed by atoms with Gasteiger partial charge in [-0.3, -0.25) is 19.1 Å². The number of carbonyl (C=O) groups is 3. The molecule has 0 radical (unpaired) electrons. The van der Waals surface area contributed by atoms with Crippen LogP contribution in [0.15, 0.2) is 24.3 Å². The first kappa shape index (κ1) is 19.4. The van der Waals surface area contributed by atoms with Gasteiger partial charge < -0.3 is 20.1 Å². The van der Waals surface area contributed by atoms with Gasteiger partial charge in [0, 0.05) is 7.05 Å². The van der Waals surface area contributed by atoms with Crippen molar-refractivity contribution in [2.75, 3.05) is 10.6 Å². The first-order valence-corrected chi connectivity index (χ1v) is 8.83. The number of carbonyl (C=O) groups excluding carboxylic acids is 3. The second-order valence-corrected chi connectivity index (χ2v) is 6.59. The van der Waals surface area contributed by atoms with Crippen LogP contribution in [-0.2, 0) is 26.2 Å². The van der Waals surface area contributed by atoms with Crippen molar-refractivity contribution in [1.82, 2.24) is 9.78 Å². The van der Waals surface area contributed by atoms with Crippen molar-refractivity contribution in [3.8, 4) is 5.75 Å². The molecule has 1 aliphatic heterocycles. The number of esters is 1. The Balaban J connectivity index is 1.57. The molecule has 9 heteroatoms. The van der Waals surface area contributed by atoms with Crippen LogP contribution < -0.4 is 15.4 Å². The molecule has 0 saturated heterocycles. The second kappa shape index (κ2) is 7.71. The van der Waals surface area contributed by atoms with E-state index in [1.165, 1.54) is 6.92 Å². The lowest BCUT2D eigenvalue weighted by Gasteiger charge is -2.25. The van der Waals surface area contributed by atoms with Crippen molar-refractivity contribution in [1.29, 1.82) is 0 Å². The summed E-state index contributed by atoms with van der Waals surface area (Å²) in [7, 11) is 1.77. The Hall–Kier alpha value is -3.36. The van der Waals surface area contributed by atoms with Crippen LogP contribution in [0.4, 0.5) is 11.4 Å². The van der Waals surface area contributed by atoms with E-state index in [1.807, 2.05) is 6.92 Å². The Morgan fingerprint density at radius 2 is 2.07 bits per heavy atom. The van der Waals surface area contributed by atoms with Crippen molar-refractivity contribution in [3.05, 3.63) is 35.7 Å². The van der Waals surface area contributed by atoms with Gasteiger partial charge in [0.1, 0.15) is 5.75 Å². The van der Waals surface area contributed by atoms with Crippen LogP contribution >= 0.6 is 0 Å². The molecular formula is C19H22N4O5. The van der Waals surface area contributed by atoms with Crippen molar-refractivity contribution >= 4 is 29.2 Å². The Kier molecular flexibility index (Phi) is 5.34. The summed E-state index contributed by atoms with van der Waals surface area (Å²) < 4.78 is 12.4. The minimum Gasteiger partial charge on any atom is -0.478 e. The van der Waals surface area contributed by atoms with Gasteiger partial charge in [-0.1, -0.05) is 12.1 Å². The number of hydrogen-bond acceptors (Lipinski definition) is 6. The van der Waals surface area contributed by atoms with E-state index in [2.05, 4.69) is 15.7 Å². The van der Waals surface area contributed by atoms with Gasteiger partial charge in [-0.15, -0.1) is 0 Å². The van der Waals surface area contributed by atoms with Crippen LogP contribution in [0.3, 0.4) is 0 Å². The van der Waals surface area contributed by atoms with Crippen molar-refractivity contribution < 1.29 is 23.9 Å². The third-order valence-corrected chi connectivity index (χ3v) is 4.49. The van der Waals surface area contributed by atoms with E-state index in [1.54, 1.807) is 42.9 Å². The Labute approximate surface area is 162 Å². The van der Waals surface area contributed by atoms with Crippen LogP contribution in [0.25, 0.3) is 0 Å². The molecule has 2 atom stereocenters. The van der Waals surface area contributed by atoms with Crippen molar-refractivity contribution in [3.63, 3.8) is 0 Å². The van der Waals surface area contributed by atoms with Crippen LogP contribution in [-0.4, -0.2) is 39.8 Å². The third kappa shape index (κ3) is 3.98. The highest BCUT2D eigenvalue weighted by molar-refractivity contribution is 6.00. The predicted molar refractivity (Wildman–Crippen MR) is 101 cm³/mol.